The third-order valence-electron chi connectivity index (χ3n) is 26.7. The normalized spacial score (nSPS) is 14.4. The Hall–Kier alpha value is -8.25. The number of carbonyl (C=O) groups excluding carboxylic acids is 4. The maximum atomic E-state index is 18.3. The van der Waals surface area contributed by atoms with Crippen LogP contribution in [0.25, 0.3) is 0 Å². The van der Waals surface area contributed by atoms with Gasteiger partial charge in [0.15, 0.2) is 0 Å². The summed E-state index contributed by atoms with van der Waals surface area (Å²) in [6, 6.07) is 23.5. The van der Waals surface area contributed by atoms with Gasteiger partial charge >= 0.3 is 703 Å². The van der Waals surface area contributed by atoms with E-state index in [-0.39, 0.29) is 99.2 Å². The molecule has 4 aliphatic carbocycles. The van der Waals surface area contributed by atoms with Gasteiger partial charge in [-0.25, -0.2) is 0 Å². The van der Waals surface area contributed by atoms with Crippen LogP contribution < -0.4 is 35.9 Å². The number of rotatable bonds is 54. The number of halogens is 8. The Morgan fingerprint density at radius 3 is 1.00 bits per heavy atom. The second kappa shape index (κ2) is 52.0. The van der Waals surface area contributed by atoms with Crippen molar-refractivity contribution in [3.05, 3.63) is 254 Å². The zero-order chi connectivity index (χ0) is 97.6. The molecule has 10 rings (SSSR count). The van der Waals surface area contributed by atoms with Crippen LogP contribution in [0.1, 0.15) is 257 Å². The van der Waals surface area contributed by atoms with Gasteiger partial charge in [-0.2, -0.15) is 0 Å². The molecule has 0 saturated heterocycles. The second-order valence-corrected chi connectivity index (χ2v) is 50.3. The van der Waals surface area contributed by atoms with E-state index in [1.807, 2.05) is 50.3 Å². The van der Waals surface area contributed by atoms with Crippen LogP contribution in [0.15, 0.2) is 185 Å². The van der Waals surface area contributed by atoms with Crippen molar-refractivity contribution in [2.75, 3.05) is 101 Å². The molecule has 0 saturated carbocycles. The quantitative estimate of drug-likeness (QED) is 0.0214. The first-order valence-electron chi connectivity index (χ1n) is 48.3. The van der Waals surface area contributed by atoms with E-state index in [2.05, 4.69) is 66.0 Å². The summed E-state index contributed by atoms with van der Waals surface area (Å²) < 4.78 is 175. The number of methoxy groups -OCH3 is 2. The van der Waals surface area contributed by atoms with E-state index in [0.29, 0.717) is 103 Å². The van der Waals surface area contributed by atoms with Crippen LogP contribution in [0.2, 0.25) is 0 Å². The molecule has 0 aliphatic heterocycles. The van der Waals surface area contributed by atoms with Crippen LogP contribution in [0.4, 0.5) is 57.9 Å². The van der Waals surface area contributed by atoms with Crippen molar-refractivity contribution in [2.45, 2.75) is 249 Å². The van der Waals surface area contributed by atoms with Gasteiger partial charge in [0.2, 0.25) is 0 Å². The van der Waals surface area contributed by atoms with Gasteiger partial charge in [0, 0.05) is 14.2 Å². The topological polar surface area (TPSA) is 154 Å². The summed E-state index contributed by atoms with van der Waals surface area (Å²) in [4.78, 5) is 60.0. The van der Waals surface area contributed by atoms with E-state index in [1.165, 1.54) is 21.9 Å². The van der Waals surface area contributed by atoms with E-state index in [9.17, 15) is 19.2 Å². The molecule has 0 heterocycles. The molecule has 4 amide bonds. The Morgan fingerprint density at radius 1 is 0.381 bits per heavy atom. The number of unbranched alkanes of at least 4 members (excludes halogenated alkanes) is 2. The molecule has 134 heavy (non-hydrogen) atoms. The summed E-state index contributed by atoms with van der Waals surface area (Å²) in [5.41, 5.74) is -0.982. The van der Waals surface area contributed by atoms with Crippen molar-refractivity contribution in [3.63, 3.8) is 0 Å². The van der Waals surface area contributed by atoms with Crippen LogP contribution >= 0.6 is 0 Å². The summed E-state index contributed by atoms with van der Waals surface area (Å²) >= 11 is -10.8. The van der Waals surface area contributed by atoms with Crippen LogP contribution in [-0.2, 0) is 84.0 Å². The first-order chi connectivity index (χ1) is 64.1. The summed E-state index contributed by atoms with van der Waals surface area (Å²) in [6.45, 7) is 30.2. The molecule has 0 fully saturated rings. The first kappa shape index (κ1) is 109. The standard InChI is InChI=1S/2C24H30F2NO2.2C21H32F2NO3.4C5H5.2Ti/c2*1-17(8-7-15-24(2,3)29-4)11-12-18-9-5-6-10-20(18)23(28)27-22-14-13-19(25)16-21(22)26;2*1-5-7-12-26-14-15-27-13-11-24(20(25)21(3,4)10-6-2)19-9-8-17(22)16-18(19)23;4*1-2-4-5-3-1;;/h2*5-6,9-10,13-14,17H,7-8,11-12,15H2,1-4H3,(H,27,28);2*8-9H,5-7,10-15H2,1-4H3;4*1-3H,4H2;;. The molecular formula is C110H144F8N4O10Ti2. The first-order valence-corrected chi connectivity index (χ1v) is 54.5. The molecule has 0 spiro atoms. The Morgan fingerprint density at radius 2 is 0.694 bits per heavy atom. The molecule has 0 bridgehead atoms. The molecular weight excluding hydrogens is 1780 g/mol. The number of hydrogen-bond donors (Lipinski definition) is 2. The number of amides is 4. The number of benzene rings is 6. The molecule has 6 aromatic carbocycles. The fraction of sp³-hybridized carbons (Fsp3) is 0.491. The maximum absolute atomic E-state index is 18.3. The second-order valence-electron chi connectivity index (χ2n) is 38.4. The van der Waals surface area contributed by atoms with Crippen LogP contribution in [0, 0.1) is 69.2 Å². The van der Waals surface area contributed by atoms with Gasteiger partial charge in [-0.15, -0.1) is 0 Å². The summed E-state index contributed by atoms with van der Waals surface area (Å²) in [5, 5.41) is 5.45. The van der Waals surface area contributed by atoms with Gasteiger partial charge in [-0.1, -0.05) is 26.7 Å². The van der Waals surface area contributed by atoms with Gasteiger partial charge in [-0.3, -0.25) is 0 Å². The number of anilines is 4. The summed E-state index contributed by atoms with van der Waals surface area (Å²) in [5.74, 6) is -9.37. The molecule has 14 nitrogen and oxygen atoms in total. The van der Waals surface area contributed by atoms with Crippen molar-refractivity contribution in [2.24, 2.45) is 22.7 Å². The Kier molecular flexibility index (Phi) is 42.4. The molecule has 728 valence electrons. The van der Waals surface area contributed by atoms with E-state index < -0.39 is 130 Å². The number of aryl methyl sites for hydroxylation is 2. The SMILES string of the molecule is CCCCOCCOCCN(C(=O)C(C)(C)CCC)c1ccc(F)[c]([Ti]([C]2=CC=CC2)([C]2=CC=CC2)[c]2c(F)ccc(N(CCOCCOCCCC)C(=O)C(C)(C)CCC)c2F)c1F.COC(C)(C)CCCC(C)CCc1ccccc1C(=O)Nc1ccc(F)[c]([Ti]([C]2=CC=CC2)([C]2=CC=CC2)[c]2c(F)ccc(NC(=O)c3ccccc3CCC(C)CCCC(C)(C)OC)c2F)c1F. The third-order valence-corrected chi connectivity index (χ3v) is 42.5. The summed E-state index contributed by atoms with van der Waals surface area (Å²) in [7, 11) is 3.44. The molecule has 4 aliphatic rings. The van der Waals surface area contributed by atoms with E-state index >= 15 is 35.1 Å². The van der Waals surface area contributed by atoms with Crippen LogP contribution in [0.5, 0.6) is 0 Å². The van der Waals surface area contributed by atoms with Crippen LogP contribution in [0.3, 0.4) is 0 Å². The Balaban J connectivity index is 0.000000302. The van der Waals surface area contributed by atoms with Gasteiger partial charge in [0.25, 0.3) is 0 Å². The van der Waals surface area contributed by atoms with Crippen LogP contribution in [-0.4, -0.2) is 115 Å². The fourth-order valence-corrected chi connectivity index (χ4v) is 35.2. The Bertz CT molecular complexity index is 4930. The average Bonchev–Trinajstić information content (AvgIpc) is 1.31. The number of ether oxygens (including phenoxy) is 6. The number of nitrogens with one attached hydrogen (secondary N) is 2. The van der Waals surface area contributed by atoms with Gasteiger partial charge in [0.05, 0.1) is 11.2 Å². The van der Waals surface area contributed by atoms with Gasteiger partial charge < -0.3 is 9.47 Å². The van der Waals surface area contributed by atoms with Crippen molar-refractivity contribution < 1.29 is 116 Å². The minimum absolute atomic E-state index is 0.0348. The van der Waals surface area contributed by atoms with Crippen molar-refractivity contribution >= 4 is 61.9 Å². The predicted octanol–water partition coefficient (Wildman–Crippen LogP) is 24.9. The van der Waals surface area contributed by atoms with E-state index in [4.69, 9.17) is 28.4 Å². The Labute approximate surface area is 799 Å². The van der Waals surface area contributed by atoms with Gasteiger partial charge in [-0.05, 0) is 40.5 Å². The zero-order valence-electron chi connectivity index (χ0n) is 81.9. The molecule has 24 heteroatoms. The molecule has 0 radical (unpaired) electrons. The zero-order valence-corrected chi connectivity index (χ0v) is 85.1. The van der Waals surface area contributed by atoms with Gasteiger partial charge in [0.1, 0.15) is 0 Å². The van der Waals surface area contributed by atoms with E-state index in [1.54, 1.807) is 127 Å². The fourth-order valence-electron chi connectivity index (χ4n) is 18.7. The third kappa shape index (κ3) is 27.6. The van der Waals surface area contributed by atoms with E-state index in [0.717, 1.165) is 125 Å². The number of hydrogen-bond acceptors (Lipinski definition) is 10. The van der Waals surface area contributed by atoms with Crippen molar-refractivity contribution in [1.29, 1.82) is 0 Å². The van der Waals surface area contributed by atoms with Crippen molar-refractivity contribution in [3.8, 4) is 0 Å². The molecule has 0 aromatic heterocycles. The number of allylic oxidation sites excluding steroid dienone is 16. The average molecular weight is 1930 g/mol. The minimum atomic E-state index is -5.44. The molecule has 2 atom stereocenters. The predicted molar refractivity (Wildman–Crippen MR) is 520 cm³/mol. The number of nitrogens with zero attached hydrogens (tertiary/aromatic N) is 2. The molecule has 2 N–H and O–H groups in total. The van der Waals surface area contributed by atoms with Crippen molar-refractivity contribution in [1.82, 2.24) is 0 Å². The monoisotopic (exact) mass is 1930 g/mol. The number of carbonyl (C=O) groups is 4. The molecule has 2 unspecified atom stereocenters. The summed E-state index contributed by atoms with van der Waals surface area (Å²) in [6.07, 6.45) is 36.8. The molecule has 6 aromatic rings.